The molecule has 6 heteroatoms. The van der Waals surface area contributed by atoms with E-state index >= 15 is 0 Å². The number of hydrogen-bond donors (Lipinski definition) is 0. The predicted molar refractivity (Wildman–Crippen MR) is 138 cm³/mol. The minimum atomic E-state index is -0.155. The number of ether oxygens (including phenoxy) is 1. The number of esters is 1. The largest absolute Gasteiger partial charge is 0.466 e. The maximum atomic E-state index is 13.1. The van der Waals surface area contributed by atoms with Crippen molar-refractivity contribution in [1.29, 1.82) is 0 Å². The highest BCUT2D eigenvalue weighted by Crippen LogP contribution is 2.23. The smallest absolute Gasteiger partial charge is 0.309 e. The van der Waals surface area contributed by atoms with Gasteiger partial charge in [-0.15, -0.1) is 0 Å². The first-order valence-corrected chi connectivity index (χ1v) is 12.7. The molecule has 1 aliphatic heterocycles. The van der Waals surface area contributed by atoms with E-state index in [-0.39, 0.29) is 29.6 Å². The molecule has 188 valence electrons. The molecule has 1 saturated heterocycles. The molecule has 1 aliphatic rings. The SMILES string of the molecule is CCOC(=O)C1CCN(C(=O)Cc2ccc(N(Cc3ccccc3C)C(=O)CC(C)C)cc2)CC1. The second-order valence-electron chi connectivity index (χ2n) is 9.75. The molecule has 2 amide bonds. The summed E-state index contributed by atoms with van der Waals surface area (Å²) in [6.07, 6.45) is 2.08. The summed E-state index contributed by atoms with van der Waals surface area (Å²) in [5.74, 6) is 0.161. The Hall–Kier alpha value is -3.15. The number of hydrogen-bond acceptors (Lipinski definition) is 4. The van der Waals surface area contributed by atoms with Crippen molar-refractivity contribution < 1.29 is 19.1 Å². The Kier molecular flexibility index (Phi) is 9.47. The number of anilines is 1. The summed E-state index contributed by atoms with van der Waals surface area (Å²) in [4.78, 5) is 41.5. The third-order valence-corrected chi connectivity index (χ3v) is 6.54. The lowest BCUT2D eigenvalue weighted by Crippen LogP contribution is -2.41. The van der Waals surface area contributed by atoms with Crippen molar-refractivity contribution in [3.63, 3.8) is 0 Å². The van der Waals surface area contributed by atoms with Crippen LogP contribution in [0, 0.1) is 18.8 Å². The van der Waals surface area contributed by atoms with Crippen LogP contribution in [0.1, 0.15) is 56.7 Å². The maximum absolute atomic E-state index is 13.1. The average Bonchev–Trinajstić information content (AvgIpc) is 2.84. The minimum absolute atomic E-state index is 0.0627. The summed E-state index contributed by atoms with van der Waals surface area (Å²) in [5, 5.41) is 0. The van der Waals surface area contributed by atoms with Gasteiger partial charge in [0.15, 0.2) is 0 Å². The summed E-state index contributed by atoms with van der Waals surface area (Å²) in [6, 6.07) is 15.9. The molecule has 3 rings (SSSR count). The van der Waals surface area contributed by atoms with Crippen LogP contribution in [0.2, 0.25) is 0 Å². The summed E-state index contributed by atoms with van der Waals surface area (Å²) < 4.78 is 5.11. The van der Waals surface area contributed by atoms with E-state index in [9.17, 15) is 14.4 Å². The van der Waals surface area contributed by atoms with Crippen LogP contribution in [-0.2, 0) is 32.1 Å². The molecule has 0 unspecified atom stereocenters. The van der Waals surface area contributed by atoms with Crippen LogP contribution in [0.5, 0.6) is 0 Å². The molecule has 0 aromatic heterocycles. The Balaban J connectivity index is 1.65. The molecule has 0 saturated carbocycles. The van der Waals surface area contributed by atoms with E-state index in [1.54, 1.807) is 0 Å². The number of benzene rings is 2. The molecule has 0 bridgehead atoms. The van der Waals surface area contributed by atoms with Crippen LogP contribution in [0.3, 0.4) is 0 Å². The lowest BCUT2D eigenvalue weighted by atomic mass is 9.96. The van der Waals surface area contributed by atoms with E-state index in [0.29, 0.717) is 51.9 Å². The molecule has 1 heterocycles. The molecule has 0 aliphatic carbocycles. The highest BCUT2D eigenvalue weighted by atomic mass is 16.5. The molecule has 6 nitrogen and oxygen atoms in total. The third-order valence-electron chi connectivity index (χ3n) is 6.54. The Morgan fingerprint density at radius 3 is 2.29 bits per heavy atom. The van der Waals surface area contributed by atoms with Crippen molar-refractivity contribution in [1.82, 2.24) is 4.90 Å². The molecule has 2 aromatic carbocycles. The van der Waals surface area contributed by atoms with Crippen LogP contribution in [0.4, 0.5) is 5.69 Å². The van der Waals surface area contributed by atoms with Crippen LogP contribution in [0.15, 0.2) is 48.5 Å². The van der Waals surface area contributed by atoms with Crippen molar-refractivity contribution in [2.75, 3.05) is 24.6 Å². The van der Waals surface area contributed by atoms with Gasteiger partial charge in [0.25, 0.3) is 0 Å². The predicted octanol–water partition coefficient (Wildman–Crippen LogP) is 4.92. The highest BCUT2D eigenvalue weighted by Gasteiger charge is 2.28. The molecule has 0 atom stereocenters. The Morgan fingerprint density at radius 2 is 1.69 bits per heavy atom. The molecular formula is C29H38N2O4. The Bertz CT molecular complexity index is 1010. The van der Waals surface area contributed by atoms with Gasteiger partial charge in [-0.3, -0.25) is 14.4 Å². The lowest BCUT2D eigenvalue weighted by Gasteiger charge is -2.31. The summed E-state index contributed by atoms with van der Waals surface area (Å²) >= 11 is 0. The van der Waals surface area contributed by atoms with Crippen LogP contribution in [0.25, 0.3) is 0 Å². The van der Waals surface area contributed by atoms with Gasteiger partial charge in [-0.25, -0.2) is 0 Å². The number of carbonyl (C=O) groups excluding carboxylic acids is 3. The normalized spacial score (nSPS) is 14.1. The van der Waals surface area contributed by atoms with E-state index in [1.165, 1.54) is 0 Å². The average molecular weight is 479 g/mol. The second-order valence-corrected chi connectivity index (χ2v) is 9.75. The third kappa shape index (κ3) is 7.41. The van der Waals surface area contributed by atoms with E-state index < -0.39 is 0 Å². The molecule has 0 N–H and O–H groups in total. The van der Waals surface area contributed by atoms with E-state index in [2.05, 4.69) is 19.1 Å². The van der Waals surface area contributed by atoms with Gasteiger partial charge >= 0.3 is 5.97 Å². The summed E-state index contributed by atoms with van der Waals surface area (Å²) in [7, 11) is 0. The van der Waals surface area contributed by atoms with Gasteiger partial charge in [0.2, 0.25) is 11.8 Å². The van der Waals surface area contributed by atoms with Crippen molar-refractivity contribution in [3.8, 4) is 0 Å². The molecule has 2 aromatic rings. The molecule has 1 fully saturated rings. The first-order chi connectivity index (χ1) is 16.8. The van der Waals surface area contributed by atoms with Crippen molar-refractivity contribution in [2.24, 2.45) is 11.8 Å². The van der Waals surface area contributed by atoms with Gasteiger partial charge in [0, 0.05) is 25.2 Å². The van der Waals surface area contributed by atoms with Gasteiger partial charge in [-0.05, 0) is 61.4 Å². The standard InChI is InChI=1S/C29H38N2O4/c1-5-35-29(34)24-14-16-30(17-15-24)27(32)19-23-10-12-26(13-11-23)31(28(33)18-21(2)3)20-25-9-7-6-8-22(25)4/h6-13,21,24H,5,14-20H2,1-4H3. The fourth-order valence-electron chi connectivity index (χ4n) is 4.45. The minimum Gasteiger partial charge on any atom is -0.466 e. The van der Waals surface area contributed by atoms with Crippen molar-refractivity contribution in [3.05, 3.63) is 65.2 Å². The van der Waals surface area contributed by atoms with E-state index in [0.717, 1.165) is 22.4 Å². The number of carbonyl (C=O) groups is 3. The zero-order chi connectivity index (χ0) is 25.4. The van der Waals surface area contributed by atoms with Gasteiger partial charge in [-0.1, -0.05) is 50.2 Å². The van der Waals surface area contributed by atoms with E-state index in [4.69, 9.17) is 4.74 Å². The zero-order valence-electron chi connectivity index (χ0n) is 21.5. The van der Waals surface area contributed by atoms with Gasteiger partial charge in [0.05, 0.1) is 25.5 Å². The number of aryl methyl sites for hydroxylation is 1. The second kappa shape index (κ2) is 12.5. The number of amides is 2. The fraction of sp³-hybridized carbons (Fsp3) is 0.483. The molecule has 0 spiro atoms. The first-order valence-electron chi connectivity index (χ1n) is 12.7. The number of nitrogens with zero attached hydrogens (tertiary/aromatic N) is 2. The topological polar surface area (TPSA) is 66.9 Å². The Labute approximate surface area is 209 Å². The van der Waals surface area contributed by atoms with Crippen molar-refractivity contribution in [2.45, 2.75) is 59.9 Å². The Morgan fingerprint density at radius 1 is 1.03 bits per heavy atom. The monoisotopic (exact) mass is 478 g/mol. The number of piperidine rings is 1. The maximum Gasteiger partial charge on any atom is 0.309 e. The van der Waals surface area contributed by atoms with Crippen LogP contribution >= 0.6 is 0 Å². The molecular weight excluding hydrogens is 440 g/mol. The van der Waals surface area contributed by atoms with Crippen molar-refractivity contribution >= 4 is 23.5 Å². The van der Waals surface area contributed by atoms with Crippen LogP contribution in [-0.4, -0.2) is 42.4 Å². The zero-order valence-corrected chi connectivity index (χ0v) is 21.5. The van der Waals surface area contributed by atoms with Gasteiger partial charge in [-0.2, -0.15) is 0 Å². The lowest BCUT2D eigenvalue weighted by molar-refractivity contribution is -0.151. The molecule has 35 heavy (non-hydrogen) atoms. The number of rotatable bonds is 9. The molecule has 0 radical (unpaired) electrons. The highest BCUT2D eigenvalue weighted by molar-refractivity contribution is 5.93. The first kappa shape index (κ1) is 26.5. The summed E-state index contributed by atoms with van der Waals surface area (Å²) in [5.41, 5.74) is 4.03. The summed E-state index contributed by atoms with van der Waals surface area (Å²) in [6.45, 7) is 10.0. The van der Waals surface area contributed by atoms with E-state index in [1.807, 2.05) is 67.0 Å². The van der Waals surface area contributed by atoms with Gasteiger partial charge < -0.3 is 14.5 Å². The van der Waals surface area contributed by atoms with Gasteiger partial charge in [0.1, 0.15) is 0 Å². The fourth-order valence-corrected chi connectivity index (χ4v) is 4.45. The number of likely N-dealkylation sites (tertiary alicyclic amines) is 1. The van der Waals surface area contributed by atoms with Crippen LogP contribution < -0.4 is 4.90 Å². The quantitative estimate of drug-likeness (QED) is 0.480.